The molecule has 0 spiro atoms. The Bertz CT molecular complexity index is 828. The van der Waals surface area contributed by atoms with Crippen LogP contribution in [0, 0.1) is 0 Å². The second-order valence-electron chi connectivity index (χ2n) is 8.93. The van der Waals surface area contributed by atoms with Crippen molar-refractivity contribution in [1.82, 2.24) is 20.0 Å². The molecule has 0 aromatic heterocycles. The van der Waals surface area contributed by atoms with Crippen LogP contribution >= 0.6 is 0 Å². The molecule has 0 saturated carbocycles. The normalized spacial score (nSPS) is 22.8. The summed E-state index contributed by atoms with van der Waals surface area (Å²) in [6, 6.07) is 8.76. The fourth-order valence-electron chi connectivity index (χ4n) is 4.12. The maximum atomic E-state index is 12.3. The summed E-state index contributed by atoms with van der Waals surface area (Å²) in [6.45, 7) is 14.2. The summed E-state index contributed by atoms with van der Waals surface area (Å²) < 4.78 is 23.7. The fraction of sp³-hybridized carbons (Fsp3) is 0.682. The van der Waals surface area contributed by atoms with Crippen LogP contribution < -0.4 is 5.32 Å². The van der Waals surface area contributed by atoms with E-state index in [4.69, 9.17) is 0 Å². The van der Waals surface area contributed by atoms with Gasteiger partial charge in [-0.2, -0.15) is 0 Å². The summed E-state index contributed by atoms with van der Waals surface area (Å²) in [7, 11) is -1.31. The van der Waals surface area contributed by atoms with Gasteiger partial charge in [0.2, 0.25) is 0 Å². The first-order chi connectivity index (χ1) is 14.2. The average molecular weight is 436 g/mol. The van der Waals surface area contributed by atoms with Gasteiger partial charge < -0.3 is 15.1 Å². The molecule has 2 aliphatic rings. The van der Waals surface area contributed by atoms with E-state index in [2.05, 4.69) is 51.3 Å². The highest BCUT2D eigenvalue weighted by atomic mass is 32.2. The van der Waals surface area contributed by atoms with Gasteiger partial charge in [0.1, 0.15) is 0 Å². The van der Waals surface area contributed by atoms with E-state index in [0.29, 0.717) is 19.6 Å². The number of hydrogen-bond donors (Lipinski definition) is 1. The Kier molecular flexibility index (Phi) is 7.42. The van der Waals surface area contributed by atoms with E-state index in [1.807, 2.05) is 4.90 Å². The third-order valence-electron chi connectivity index (χ3n) is 6.35. The quantitative estimate of drug-likeness (QED) is 0.557. The van der Waals surface area contributed by atoms with Crippen molar-refractivity contribution < 1.29 is 8.42 Å². The van der Waals surface area contributed by atoms with Crippen LogP contribution in [0.15, 0.2) is 29.3 Å². The largest absolute Gasteiger partial charge is 0.352 e. The molecule has 0 radical (unpaired) electrons. The topological polar surface area (TPSA) is 68.2 Å². The van der Waals surface area contributed by atoms with Crippen LogP contribution in [-0.2, 0) is 22.9 Å². The minimum Gasteiger partial charge on any atom is -0.352 e. The van der Waals surface area contributed by atoms with Crippen LogP contribution in [0.5, 0.6) is 0 Å². The van der Waals surface area contributed by atoms with Crippen molar-refractivity contribution in [2.24, 2.45) is 4.99 Å². The number of piperazine rings is 1. The van der Waals surface area contributed by atoms with Gasteiger partial charge in [0.15, 0.2) is 15.8 Å². The number of guanidine groups is 1. The molecule has 1 aromatic carbocycles. The van der Waals surface area contributed by atoms with Gasteiger partial charge >= 0.3 is 0 Å². The zero-order chi connectivity index (χ0) is 21.8. The van der Waals surface area contributed by atoms with Crippen LogP contribution in [0.25, 0.3) is 0 Å². The molecule has 2 aliphatic heterocycles. The lowest BCUT2D eigenvalue weighted by Gasteiger charge is -2.39. The first kappa shape index (κ1) is 23.0. The summed E-state index contributed by atoms with van der Waals surface area (Å²) in [5.74, 6) is 0.929. The molecular weight excluding hydrogens is 398 g/mol. The number of benzene rings is 1. The molecule has 3 rings (SSSR count). The fourth-order valence-corrected chi connectivity index (χ4v) is 5.49. The number of hydrogen-bond acceptors (Lipinski definition) is 5. The van der Waals surface area contributed by atoms with Crippen LogP contribution in [0.1, 0.15) is 31.9 Å². The number of likely N-dealkylation sites (N-methyl/N-ethyl adjacent to an activating group) is 1. The Morgan fingerprint density at radius 3 is 2.20 bits per heavy atom. The molecule has 30 heavy (non-hydrogen) atoms. The summed E-state index contributed by atoms with van der Waals surface area (Å²) in [5.41, 5.74) is 2.54. The highest BCUT2D eigenvalue weighted by Gasteiger charge is 2.40. The second-order valence-corrected chi connectivity index (χ2v) is 11.7. The Morgan fingerprint density at radius 2 is 1.63 bits per heavy atom. The van der Waals surface area contributed by atoms with Gasteiger partial charge in [0.05, 0.1) is 10.5 Å². The van der Waals surface area contributed by atoms with Gasteiger partial charge in [-0.1, -0.05) is 31.2 Å². The molecule has 0 amide bonds. The molecule has 0 unspecified atom stereocenters. The van der Waals surface area contributed by atoms with Gasteiger partial charge in [-0.05, 0) is 31.5 Å². The van der Waals surface area contributed by atoms with Crippen LogP contribution in [-0.4, -0.2) is 92.4 Å². The molecule has 8 heteroatoms. The molecule has 0 atom stereocenters. The van der Waals surface area contributed by atoms with Crippen LogP contribution in [0.2, 0.25) is 0 Å². The predicted molar refractivity (Wildman–Crippen MR) is 123 cm³/mol. The second kappa shape index (κ2) is 9.66. The Labute approximate surface area is 182 Å². The number of aliphatic imine (C=N–C) groups is 1. The van der Waals surface area contributed by atoms with Crippen molar-refractivity contribution >= 4 is 15.8 Å². The molecule has 2 saturated heterocycles. The molecule has 0 bridgehead atoms. The summed E-state index contributed by atoms with van der Waals surface area (Å²) in [6.07, 6.45) is 0. The summed E-state index contributed by atoms with van der Waals surface area (Å²) >= 11 is 0. The molecule has 1 aromatic rings. The first-order valence-electron chi connectivity index (χ1n) is 10.9. The predicted octanol–water partition coefficient (Wildman–Crippen LogP) is 1.41. The van der Waals surface area contributed by atoms with Crippen LogP contribution in [0.4, 0.5) is 0 Å². The van der Waals surface area contributed by atoms with Crippen molar-refractivity contribution in [2.45, 2.75) is 38.6 Å². The summed E-state index contributed by atoms with van der Waals surface area (Å²) in [5, 5.41) is 3.40. The standard InChI is InChI=1S/C22H37N5O2S/c1-5-25-10-12-26(13-11-25)17-20-8-6-19(7-9-20)16-24-21(23-4)27-14-15-30(28,29)22(2,3)18-27/h6-9H,5,10-18H2,1-4H3,(H,23,24). The van der Waals surface area contributed by atoms with Gasteiger partial charge in [-0.15, -0.1) is 0 Å². The Morgan fingerprint density at radius 1 is 1.03 bits per heavy atom. The Balaban J connectivity index is 1.50. The molecule has 0 aliphatic carbocycles. The van der Waals surface area contributed by atoms with E-state index in [-0.39, 0.29) is 5.75 Å². The lowest BCUT2D eigenvalue weighted by Crippen LogP contribution is -2.57. The number of nitrogens with zero attached hydrogens (tertiary/aromatic N) is 4. The lowest BCUT2D eigenvalue weighted by atomic mass is 10.1. The minimum atomic E-state index is -3.06. The van der Waals surface area contributed by atoms with E-state index in [1.165, 1.54) is 11.1 Å². The van der Waals surface area contributed by atoms with E-state index in [0.717, 1.165) is 45.2 Å². The van der Waals surface area contributed by atoms with Gasteiger partial charge in [-0.25, -0.2) is 8.42 Å². The van der Waals surface area contributed by atoms with Crippen molar-refractivity contribution in [2.75, 3.05) is 58.6 Å². The van der Waals surface area contributed by atoms with E-state index in [9.17, 15) is 8.42 Å². The molecule has 1 N–H and O–H groups in total. The molecule has 2 heterocycles. The van der Waals surface area contributed by atoms with Crippen molar-refractivity contribution in [3.05, 3.63) is 35.4 Å². The third-order valence-corrected chi connectivity index (χ3v) is 8.88. The first-order valence-corrected chi connectivity index (χ1v) is 12.6. The monoisotopic (exact) mass is 435 g/mol. The molecular formula is C22H37N5O2S. The number of nitrogens with one attached hydrogen (secondary N) is 1. The van der Waals surface area contributed by atoms with Gasteiger partial charge in [0.25, 0.3) is 0 Å². The van der Waals surface area contributed by atoms with Crippen molar-refractivity contribution in [1.29, 1.82) is 0 Å². The minimum absolute atomic E-state index is 0.169. The van der Waals surface area contributed by atoms with Crippen LogP contribution in [0.3, 0.4) is 0 Å². The lowest BCUT2D eigenvalue weighted by molar-refractivity contribution is 0.132. The highest BCUT2D eigenvalue weighted by molar-refractivity contribution is 7.92. The SMILES string of the molecule is CCN1CCN(Cc2ccc(CNC(=NC)N3CCS(=O)(=O)C(C)(C)C3)cc2)CC1. The van der Waals surface area contributed by atoms with E-state index in [1.54, 1.807) is 20.9 Å². The zero-order valence-electron chi connectivity index (χ0n) is 18.9. The summed E-state index contributed by atoms with van der Waals surface area (Å²) in [4.78, 5) is 11.4. The maximum absolute atomic E-state index is 12.3. The molecule has 168 valence electrons. The van der Waals surface area contributed by atoms with Gasteiger partial charge in [-0.3, -0.25) is 9.89 Å². The van der Waals surface area contributed by atoms with E-state index >= 15 is 0 Å². The Hall–Kier alpha value is -1.64. The third kappa shape index (κ3) is 5.53. The number of sulfone groups is 1. The van der Waals surface area contributed by atoms with Gasteiger partial charge in [0, 0.05) is 59.4 Å². The maximum Gasteiger partial charge on any atom is 0.193 e. The molecule has 7 nitrogen and oxygen atoms in total. The van der Waals surface area contributed by atoms with E-state index < -0.39 is 14.6 Å². The zero-order valence-corrected chi connectivity index (χ0v) is 19.7. The van der Waals surface area contributed by atoms with Crippen molar-refractivity contribution in [3.63, 3.8) is 0 Å². The average Bonchev–Trinajstić information content (AvgIpc) is 2.73. The highest BCUT2D eigenvalue weighted by Crippen LogP contribution is 2.23. The van der Waals surface area contributed by atoms with Crippen molar-refractivity contribution in [3.8, 4) is 0 Å². The smallest absolute Gasteiger partial charge is 0.193 e. The molecule has 2 fully saturated rings. The number of rotatable bonds is 5.